The van der Waals surface area contributed by atoms with Gasteiger partial charge in [0.05, 0.1) is 12.2 Å². The minimum Gasteiger partial charge on any atom is -0.450 e. The lowest BCUT2D eigenvalue weighted by Crippen LogP contribution is -2.40. The first kappa shape index (κ1) is 17.6. The van der Waals surface area contributed by atoms with Gasteiger partial charge in [-0.2, -0.15) is 0 Å². The molecule has 2 amide bonds. The van der Waals surface area contributed by atoms with Gasteiger partial charge in [-0.1, -0.05) is 0 Å². The Morgan fingerprint density at radius 1 is 1.48 bits per heavy atom. The molecule has 0 aliphatic heterocycles. The highest BCUT2D eigenvalue weighted by molar-refractivity contribution is 9.10. The molecule has 1 aliphatic carbocycles. The summed E-state index contributed by atoms with van der Waals surface area (Å²) < 4.78 is 5.41. The number of carbonyl (C=O) groups is 2. The number of alkyl carbamates (subject to hydrolysis) is 1. The quantitative estimate of drug-likeness (QED) is 0.672. The van der Waals surface area contributed by atoms with Gasteiger partial charge in [0.1, 0.15) is 5.82 Å². The summed E-state index contributed by atoms with van der Waals surface area (Å²) in [7, 11) is 0. The summed E-state index contributed by atoms with van der Waals surface area (Å²) >= 11 is 8.32. The molecule has 1 aromatic rings. The number of ether oxygens (including phenoxy) is 1. The van der Waals surface area contributed by atoms with E-state index in [1.54, 1.807) is 13.0 Å². The zero-order valence-electron chi connectivity index (χ0n) is 12.5. The van der Waals surface area contributed by atoms with Gasteiger partial charge in [0.25, 0.3) is 5.91 Å². The van der Waals surface area contributed by atoms with Gasteiger partial charge < -0.3 is 15.4 Å². The minimum absolute atomic E-state index is 0.0102. The molecule has 3 N–H and O–H groups in total. The van der Waals surface area contributed by atoms with E-state index >= 15 is 0 Å². The number of hydrogen-bond donors (Lipinski definition) is 3. The van der Waals surface area contributed by atoms with E-state index in [0.717, 1.165) is 19.3 Å². The Kier molecular flexibility index (Phi) is 6.28. The summed E-state index contributed by atoms with van der Waals surface area (Å²) in [4.78, 5) is 27.8. The summed E-state index contributed by atoms with van der Waals surface area (Å²) in [5, 5.41) is 8.04. The number of aromatic nitrogens is 1. The standard InChI is InChI=1S/C14H17BrN4O3S/c1-2-22-14(21)19-13(23)18-11-10(6-8(15)7-16-11)12(20)17-9-4-3-5-9/h6-7,9H,2-5H2,1H3,(H,17,20)(H2,16,18,19,21,23). The van der Waals surface area contributed by atoms with Crippen LogP contribution in [0, 0.1) is 0 Å². The van der Waals surface area contributed by atoms with Crippen LogP contribution in [0.1, 0.15) is 36.5 Å². The molecular formula is C14H17BrN4O3S. The normalized spacial score (nSPS) is 13.7. The van der Waals surface area contributed by atoms with Crippen LogP contribution in [0.25, 0.3) is 0 Å². The molecule has 0 radical (unpaired) electrons. The van der Waals surface area contributed by atoms with Gasteiger partial charge in [0.15, 0.2) is 5.11 Å². The fourth-order valence-electron chi connectivity index (χ4n) is 1.93. The number of nitrogens with zero attached hydrogens (tertiary/aromatic N) is 1. The number of thiocarbonyl (C=S) groups is 1. The molecule has 1 saturated carbocycles. The SMILES string of the molecule is CCOC(=O)NC(=S)Nc1ncc(Br)cc1C(=O)NC1CCC1. The molecule has 1 aromatic heterocycles. The van der Waals surface area contributed by atoms with Crippen molar-refractivity contribution < 1.29 is 14.3 Å². The van der Waals surface area contributed by atoms with Crippen LogP contribution in [-0.4, -0.2) is 34.7 Å². The Morgan fingerprint density at radius 3 is 2.83 bits per heavy atom. The van der Waals surface area contributed by atoms with E-state index in [0.29, 0.717) is 10.0 Å². The average Bonchev–Trinajstić information content (AvgIpc) is 2.44. The van der Waals surface area contributed by atoms with Crippen molar-refractivity contribution in [1.82, 2.24) is 15.6 Å². The summed E-state index contributed by atoms with van der Waals surface area (Å²) in [5.41, 5.74) is 0.347. The van der Waals surface area contributed by atoms with Crippen molar-refractivity contribution in [3.8, 4) is 0 Å². The summed E-state index contributed by atoms with van der Waals surface area (Å²) in [5.74, 6) is 0.0387. The maximum absolute atomic E-state index is 12.4. The number of carbonyl (C=O) groups excluding carboxylic acids is 2. The Morgan fingerprint density at radius 2 is 2.22 bits per heavy atom. The predicted molar refractivity (Wildman–Crippen MR) is 93.4 cm³/mol. The van der Waals surface area contributed by atoms with Gasteiger partial charge >= 0.3 is 6.09 Å². The lowest BCUT2D eigenvalue weighted by Gasteiger charge is -2.26. The van der Waals surface area contributed by atoms with E-state index in [-0.39, 0.29) is 29.5 Å². The van der Waals surface area contributed by atoms with Crippen LogP contribution in [0.3, 0.4) is 0 Å². The molecule has 0 bridgehead atoms. The molecule has 1 aliphatic rings. The number of hydrogen-bond acceptors (Lipinski definition) is 5. The molecule has 1 heterocycles. The van der Waals surface area contributed by atoms with E-state index < -0.39 is 6.09 Å². The van der Waals surface area contributed by atoms with Gasteiger partial charge in [-0.25, -0.2) is 9.78 Å². The van der Waals surface area contributed by atoms with Gasteiger partial charge in [-0.05, 0) is 60.4 Å². The Bertz CT molecular complexity index is 622. The number of pyridine rings is 1. The monoisotopic (exact) mass is 400 g/mol. The number of rotatable bonds is 4. The van der Waals surface area contributed by atoms with Crippen LogP contribution < -0.4 is 16.0 Å². The van der Waals surface area contributed by atoms with Crippen LogP contribution in [0.15, 0.2) is 16.7 Å². The second-order valence-electron chi connectivity index (χ2n) is 4.95. The van der Waals surface area contributed by atoms with Crippen molar-refractivity contribution in [3.63, 3.8) is 0 Å². The zero-order valence-corrected chi connectivity index (χ0v) is 14.9. The molecule has 7 nitrogen and oxygen atoms in total. The second kappa shape index (κ2) is 8.21. The molecule has 0 atom stereocenters. The molecule has 0 aromatic carbocycles. The van der Waals surface area contributed by atoms with Gasteiger partial charge in [0.2, 0.25) is 0 Å². The van der Waals surface area contributed by atoms with Gasteiger partial charge in [-0.15, -0.1) is 0 Å². The summed E-state index contributed by atoms with van der Waals surface area (Å²) in [6, 6.07) is 1.86. The van der Waals surface area contributed by atoms with Gasteiger partial charge in [0, 0.05) is 16.7 Å². The molecule has 2 rings (SSSR count). The van der Waals surface area contributed by atoms with Crippen molar-refractivity contribution in [2.75, 3.05) is 11.9 Å². The first-order chi connectivity index (χ1) is 11.0. The topological polar surface area (TPSA) is 92.3 Å². The molecule has 9 heteroatoms. The third kappa shape index (κ3) is 5.14. The number of nitrogens with one attached hydrogen (secondary N) is 3. The molecular weight excluding hydrogens is 384 g/mol. The summed E-state index contributed by atoms with van der Waals surface area (Å²) in [6.45, 7) is 1.93. The lowest BCUT2D eigenvalue weighted by molar-refractivity contribution is 0.0917. The van der Waals surface area contributed by atoms with Crippen LogP contribution in [0.4, 0.5) is 10.6 Å². The van der Waals surface area contributed by atoms with E-state index in [1.807, 2.05) is 0 Å². The molecule has 124 valence electrons. The van der Waals surface area contributed by atoms with E-state index in [4.69, 9.17) is 17.0 Å². The highest BCUT2D eigenvalue weighted by Crippen LogP contribution is 2.22. The number of amides is 2. The van der Waals surface area contributed by atoms with Crippen LogP contribution in [-0.2, 0) is 4.74 Å². The minimum atomic E-state index is -0.664. The van der Waals surface area contributed by atoms with Crippen molar-refractivity contribution >= 4 is 51.1 Å². The average molecular weight is 401 g/mol. The molecule has 23 heavy (non-hydrogen) atoms. The fraction of sp³-hybridized carbons (Fsp3) is 0.429. The third-order valence-electron chi connectivity index (χ3n) is 3.26. The maximum Gasteiger partial charge on any atom is 0.413 e. The van der Waals surface area contributed by atoms with Gasteiger partial charge in [-0.3, -0.25) is 10.1 Å². The molecule has 0 unspecified atom stereocenters. The van der Waals surface area contributed by atoms with E-state index in [2.05, 4.69) is 36.9 Å². The number of anilines is 1. The molecule has 0 spiro atoms. The van der Waals surface area contributed by atoms with Crippen molar-refractivity contribution in [2.24, 2.45) is 0 Å². The first-order valence-corrected chi connectivity index (χ1v) is 8.41. The van der Waals surface area contributed by atoms with Crippen LogP contribution in [0.5, 0.6) is 0 Å². The van der Waals surface area contributed by atoms with Crippen molar-refractivity contribution in [3.05, 3.63) is 22.3 Å². The lowest BCUT2D eigenvalue weighted by atomic mass is 9.93. The Balaban J connectivity index is 2.06. The van der Waals surface area contributed by atoms with Crippen molar-refractivity contribution in [2.45, 2.75) is 32.2 Å². The van der Waals surface area contributed by atoms with E-state index in [1.165, 1.54) is 6.20 Å². The predicted octanol–water partition coefficient (Wildman–Crippen LogP) is 2.57. The smallest absolute Gasteiger partial charge is 0.413 e. The number of halogens is 1. The van der Waals surface area contributed by atoms with Crippen LogP contribution in [0.2, 0.25) is 0 Å². The largest absolute Gasteiger partial charge is 0.450 e. The van der Waals surface area contributed by atoms with Crippen LogP contribution >= 0.6 is 28.1 Å². The highest BCUT2D eigenvalue weighted by Gasteiger charge is 2.22. The first-order valence-electron chi connectivity index (χ1n) is 7.20. The maximum atomic E-state index is 12.4. The third-order valence-corrected chi connectivity index (χ3v) is 3.90. The molecule has 0 saturated heterocycles. The molecule has 1 fully saturated rings. The van der Waals surface area contributed by atoms with E-state index in [9.17, 15) is 9.59 Å². The Labute approximate surface area is 147 Å². The summed E-state index contributed by atoms with van der Waals surface area (Å²) in [6.07, 6.45) is 3.97. The Hall–Kier alpha value is -1.74. The zero-order chi connectivity index (χ0) is 16.8. The fourth-order valence-corrected chi connectivity index (χ4v) is 2.44. The second-order valence-corrected chi connectivity index (χ2v) is 6.27. The van der Waals surface area contributed by atoms with Crippen molar-refractivity contribution in [1.29, 1.82) is 0 Å². The highest BCUT2D eigenvalue weighted by atomic mass is 79.9.